The number of carbonyl (C=O) groups is 1. The number of nitro benzene ring substituents is 1. The van der Waals surface area contributed by atoms with Gasteiger partial charge in [-0.1, -0.05) is 41.6 Å². The van der Waals surface area contributed by atoms with Crippen molar-refractivity contribution in [2.45, 2.75) is 18.7 Å². The molecule has 0 aliphatic rings. The monoisotopic (exact) mass is 357 g/mol. The third kappa shape index (κ3) is 4.36. The van der Waals surface area contributed by atoms with Gasteiger partial charge in [-0.05, 0) is 18.6 Å². The number of carbonyl (C=O) groups excluding carboxylic acids is 1. The molecule has 1 aromatic heterocycles. The Labute approximate surface area is 147 Å². The average Bonchev–Trinajstić information content (AvgIpc) is 3.01. The van der Waals surface area contributed by atoms with E-state index < -0.39 is 4.92 Å². The van der Waals surface area contributed by atoms with Gasteiger partial charge in [0.1, 0.15) is 5.52 Å². The number of nitrogens with zero attached hydrogens (tertiary/aromatic N) is 2. The van der Waals surface area contributed by atoms with Crippen molar-refractivity contribution in [3.63, 3.8) is 0 Å². The van der Waals surface area contributed by atoms with Gasteiger partial charge >= 0.3 is 0 Å². The van der Waals surface area contributed by atoms with Crippen molar-refractivity contribution in [1.29, 1.82) is 0 Å². The smallest absolute Gasteiger partial charge is 0.271 e. The zero-order chi connectivity index (χ0) is 17.8. The lowest BCUT2D eigenvalue weighted by Crippen LogP contribution is -2.24. The van der Waals surface area contributed by atoms with Crippen molar-refractivity contribution < 1.29 is 14.1 Å². The number of benzene rings is 2. The first-order valence-electron chi connectivity index (χ1n) is 7.51. The highest BCUT2D eigenvalue weighted by molar-refractivity contribution is 7.99. The number of aryl methyl sites for hydroxylation is 1. The molecule has 3 rings (SSSR count). The summed E-state index contributed by atoms with van der Waals surface area (Å²) in [5.74, 6) is 0.0136. The van der Waals surface area contributed by atoms with Crippen molar-refractivity contribution in [2.24, 2.45) is 0 Å². The molecule has 0 fully saturated rings. The molecule has 1 amide bonds. The van der Waals surface area contributed by atoms with Crippen LogP contribution >= 0.6 is 11.8 Å². The number of aromatic nitrogens is 1. The molecule has 128 valence electrons. The average molecular weight is 357 g/mol. The molecular formula is C17H15N3O4S. The number of oxazole rings is 1. The Morgan fingerprint density at radius 3 is 2.76 bits per heavy atom. The van der Waals surface area contributed by atoms with E-state index >= 15 is 0 Å². The summed E-state index contributed by atoms with van der Waals surface area (Å²) in [7, 11) is 0. The van der Waals surface area contributed by atoms with Gasteiger partial charge in [0.15, 0.2) is 5.58 Å². The summed E-state index contributed by atoms with van der Waals surface area (Å²) in [6.45, 7) is 2.47. The number of thioether (sulfide) groups is 1. The van der Waals surface area contributed by atoms with Crippen LogP contribution in [0.1, 0.15) is 11.1 Å². The van der Waals surface area contributed by atoms with Crippen LogP contribution in [0.15, 0.2) is 52.1 Å². The van der Waals surface area contributed by atoms with Crippen molar-refractivity contribution in [1.82, 2.24) is 10.3 Å². The number of hydrogen-bond donors (Lipinski definition) is 1. The number of nitro groups is 1. The molecule has 2 aromatic carbocycles. The minimum absolute atomic E-state index is 0.0480. The number of nitrogens with one attached hydrogen (secondary N) is 1. The first-order chi connectivity index (χ1) is 12.0. The summed E-state index contributed by atoms with van der Waals surface area (Å²) >= 11 is 1.15. The second-order valence-corrected chi connectivity index (χ2v) is 6.37. The van der Waals surface area contributed by atoms with Crippen molar-refractivity contribution in [2.75, 3.05) is 5.75 Å². The fraction of sp³-hybridized carbons (Fsp3) is 0.176. The predicted molar refractivity (Wildman–Crippen MR) is 94.4 cm³/mol. The third-order valence-electron chi connectivity index (χ3n) is 3.50. The van der Waals surface area contributed by atoms with Gasteiger partial charge < -0.3 is 9.73 Å². The largest absolute Gasteiger partial charge is 0.431 e. The maximum Gasteiger partial charge on any atom is 0.271 e. The summed E-state index contributed by atoms with van der Waals surface area (Å²) in [6, 6.07) is 12.1. The Bertz CT molecular complexity index is 921. The van der Waals surface area contributed by atoms with E-state index in [9.17, 15) is 14.9 Å². The van der Waals surface area contributed by atoms with Crippen LogP contribution in [0.4, 0.5) is 5.69 Å². The van der Waals surface area contributed by atoms with Crippen molar-refractivity contribution in [3.05, 3.63) is 63.7 Å². The van der Waals surface area contributed by atoms with E-state index in [4.69, 9.17) is 4.42 Å². The molecule has 0 bridgehead atoms. The molecule has 0 aliphatic carbocycles. The van der Waals surface area contributed by atoms with Crippen LogP contribution in [-0.4, -0.2) is 21.6 Å². The molecule has 8 heteroatoms. The molecule has 0 aliphatic heterocycles. The van der Waals surface area contributed by atoms with Crippen LogP contribution < -0.4 is 5.32 Å². The fourth-order valence-electron chi connectivity index (χ4n) is 2.15. The number of non-ortho nitro benzene ring substituents is 1. The van der Waals surface area contributed by atoms with E-state index in [0.717, 1.165) is 17.3 Å². The van der Waals surface area contributed by atoms with Crippen LogP contribution in [-0.2, 0) is 11.3 Å². The molecule has 0 radical (unpaired) electrons. The lowest BCUT2D eigenvalue weighted by Gasteiger charge is -2.04. The van der Waals surface area contributed by atoms with E-state index in [0.29, 0.717) is 22.9 Å². The van der Waals surface area contributed by atoms with Gasteiger partial charge in [0.05, 0.1) is 10.7 Å². The topological polar surface area (TPSA) is 98.3 Å². The molecule has 1 heterocycles. The SMILES string of the molecule is Cc1ccc(CNC(=O)CSc2nc3cc([N+](=O)[O-])ccc3o2)cc1. The molecule has 0 spiro atoms. The van der Waals surface area contributed by atoms with Crippen LogP contribution in [0, 0.1) is 17.0 Å². The second kappa shape index (κ2) is 7.35. The van der Waals surface area contributed by atoms with Gasteiger partial charge in [-0.2, -0.15) is 0 Å². The van der Waals surface area contributed by atoms with Crippen LogP contribution in [0.2, 0.25) is 0 Å². The van der Waals surface area contributed by atoms with Crippen molar-refractivity contribution in [3.8, 4) is 0 Å². The van der Waals surface area contributed by atoms with Gasteiger partial charge in [-0.15, -0.1) is 0 Å². The maximum atomic E-state index is 11.9. The minimum atomic E-state index is -0.487. The quantitative estimate of drug-likeness (QED) is 0.412. The van der Waals surface area contributed by atoms with Gasteiger partial charge in [-0.25, -0.2) is 4.98 Å². The second-order valence-electron chi connectivity index (χ2n) is 5.44. The lowest BCUT2D eigenvalue weighted by molar-refractivity contribution is -0.384. The van der Waals surface area contributed by atoms with Crippen LogP contribution in [0.3, 0.4) is 0 Å². The van der Waals surface area contributed by atoms with E-state index in [1.165, 1.54) is 23.8 Å². The van der Waals surface area contributed by atoms with E-state index in [2.05, 4.69) is 10.3 Å². The molecule has 0 saturated carbocycles. The Morgan fingerprint density at radius 1 is 1.28 bits per heavy atom. The zero-order valence-corrected chi connectivity index (χ0v) is 14.2. The summed E-state index contributed by atoms with van der Waals surface area (Å²) < 4.78 is 5.48. The fourth-order valence-corrected chi connectivity index (χ4v) is 2.82. The maximum absolute atomic E-state index is 11.9. The molecule has 1 N–H and O–H groups in total. The molecule has 25 heavy (non-hydrogen) atoms. The van der Waals surface area contributed by atoms with Crippen molar-refractivity contribution >= 4 is 34.5 Å². The first kappa shape index (κ1) is 17.0. The molecule has 3 aromatic rings. The molecule has 0 unspecified atom stereocenters. The Kier molecular flexibility index (Phi) is 4.99. The van der Waals surface area contributed by atoms with Gasteiger partial charge in [0.25, 0.3) is 10.9 Å². The first-order valence-corrected chi connectivity index (χ1v) is 8.50. The normalized spacial score (nSPS) is 10.8. The van der Waals surface area contributed by atoms with Crippen LogP contribution in [0.25, 0.3) is 11.1 Å². The highest BCUT2D eigenvalue weighted by Gasteiger charge is 2.13. The highest BCUT2D eigenvalue weighted by Crippen LogP contribution is 2.26. The van der Waals surface area contributed by atoms with Gasteiger partial charge in [0.2, 0.25) is 5.91 Å². The molecule has 0 saturated heterocycles. The predicted octanol–water partition coefficient (Wildman–Crippen LogP) is 3.45. The minimum Gasteiger partial charge on any atom is -0.431 e. The number of hydrogen-bond acceptors (Lipinski definition) is 6. The molecule has 0 atom stereocenters. The zero-order valence-electron chi connectivity index (χ0n) is 13.4. The van der Waals surface area contributed by atoms with E-state index in [1.54, 1.807) is 0 Å². The van der Waals surface area contributed by atoms with E-state index in [-0.39, 0.29) is 17.3 Å². The molecule has 7 nitrogen and oxygen atoms in total. The Hall–Kier alpha value is -2.87. The summed E-state index contributed by atoms with van der Waals surface area (Å²) in [5, 5.41) is 13.9. The number of rotatable bonds is 6. The standard InChI is InChI=1S/C17H15N3O4S/c1-11-2-4-12(5-3-11)9-18-16(21)10-25-17-19-14-8-13(20(22)23)6-7-15(14)24-17/h2-8H,9-10H2,1H3,(H,18,21). The summed E-state index contributed by atoms with van der Waals surface area (Å²) in [5.41, 5.74) is 3.00. The summed E-state index contributed by atoms with van der Waals surface area (Å²) in [4.78, 5) is 26.4. The lowest BCUT2D eigenvalue weighted by atomic mass is 10.1. The van der Waals surface area contributed by atoms with Gasteiger partial charge in [-0.3, -0.25) is 14.9 Å². The number of fused-ring (bicyclic) bond motifs is 1. The van der Waals surface area contributed by atoms with Crippen LogP contribution in [0.5, 0.6) is 0 Å². The van der Waals surface area contributed by atoms with E-state index in [1.807, 2.05) is 31.2 Å². The highest BCUT2D eigenvalue weighted by atomic mass is 32.2. The Morgan fingerprint density at radius 2 is 2.04 bits per heavy atom. The Balaban J connectivity index is 1.55. The molecular weight excluding hydrogens is 342 g/mol. The third-order valence-corrected chi connectivity index (χ3v) is 4.33. The number of amides is 1. The summed E-state index contributed by atoms with van der Waals surface area (Å²) in [6.07, 6.45) is 0. The van der Waals surface area contributed by atoms with Gasteiger partial charge in [0, 0.05) is 18.7 Å².